The summed E-state index contributed by atoms with van der Waals surface area (Å²) in [4.78, 5) is 14.4. The molecule has 1 aliphatic heterocycles. The molecule has 0 fully saturated rings. The summed E-state index contributed by atoms with van der Waals surface area (Å²) in [5.74, 6) is 0. The smallest absolute Gasteiger partial charge is 0.319 e. The number of fused-ring (bicyclic) bond motifs is 1. The van der Waals surface area contributed by atoms with Gasteiger partial charge in [0.15, 0.2) is 0 Å². The van der Waals surface area contributed by atoms with Crippen LogP contribution in [0.3, 0.4) is 0 Å². The van der Waals surface area contributed by atoms with Crippen LogP contribution in [0.2, 0.25) is 0 Å². The molecule has 4 heteroatoms. The molecule has 0 aliphatic carbocycles. The summed E-state index contributed by atoms with van der Waals surface area (Å²) in [5.41, 5.74) is 5.00. The van der Waals surface area contributed by atoms with Crippen LogP contribution < -0.4 is 10.6 Å². The average Bonchev–Trinajstić information content (AvgIpc) is 2.63. The van der Waals surface area contributed by atoms with Crippen molar-refractivity contribution in [3.05, 3.63) is 65.2 Å². The highest BCUT2D eigenvalue weighted by Crippen LogP contribution is 2.17. The molecule has 0 saturated heterocycles. The lowest BCUT2D eigenvalue weighted by Gasteiger charge is -2.28. The minimum absolute atomic E-state index is 0.138. The molecule has 0 atom stereocenters. The van der Waals surface area contributed by atoms with Gasteiger partial charge in [0.1, 0.15) is 0 Å². The van der Waals surface area contributed by atoms with E-state index in [4.69, 9.17) is 0 Å². The van der Waals surface area contributed by atoms with Crippen molar-refractivity contribution in [2.75, 3.05) is 25.0 Å². The van der Waals surface area contributed by atoms with Crippen molar-refractivity contribution in [3.63, 3.8) is 0 Å². The fourth-order valence-electron chi connectivity index (χ4n) is 3.29. The number of carbonyl (C=O) groups excluding carboxylic acids is 1. The lowest BCUT2D eigenvalue weighted by molar-refractivity contribution is 0.239. The second-order valence-electron chi connectivity index (χ2n) is 6.62. The third-order valence-corrected chi connectivity index (χ3v) is 4.67. The molecule has 0 saturated carbocycles. The molecule has 1 heterocycles. The maximum atomic E-state index is 12.0. The van der Waals surface area contributed by atoms with Crippen LogP contribution in [0.4, 0.5) is 10.5 Å². The molecular formula is C21H27N3O. The van der Waals surface area contributed by atoms with Gasteiger partial charge in [0.25, 0.3) is 0 Å². The first kappa shape index (κ1) is 17.5. The fraction of sp³-hybridized carbons (Fsp3) is 0.381. The van der Waals surface area contributed by atoms with Gasteiger partial charge in [-0.05, 0) is 41.7 Å². The van der Waals surface area contributed by atoms with Gasteiger partial charge in [-0.25, -0.2) is 4.79 Å². The predicted molar refractivity (Wildman–Crippen MR) is 103 cm³/mol. The van der Waals surface area contributed by atoms with Gasteiger partial charge in [-0.2, -0.15) is 0 Å². The number of aryl methyl sites for hydroxylation is 1. The van der Waals surface area contributed by atoms with Crippen molar-refractivity contribution in [1.82, 2.24) is 10.2 Å². The van der Waals surface area contributed by atoms with Crippen LogP contribution in [0, 0.1) is 0 Å². The van der Waals surface area contributed by atoms with Gasteiger partial charge < -0.3 is 10.6 Å². The third-order valence-electron chi connectivity index (χ3n) is 4.67. The Morgan fingerprint density at radius 2 is 1.84 bits per heavy atom. The van der Waals surface area contributed by atoms with Crippen molar-refractivity contribution in [2.24, 2.45) is 0 Å². The summed E-state index contributed by atoms with van der Waals surface area (Å²) in [6.45, 7) is 5.72. The largest absolute Gasteiger partial charge is 0.337 e. The summed E-state index contributed by atoms with van der Waals surface area (Å²) in [6.07, 6.45) is 3.30. The number of carbonyl (C=O) groups is 1. The molecule has 2 amide bonds. The quantitative estimate of drug-likeness (QED) is 0.842. The lowest BCUT2D eigenvalue weighted by atomic mass is 10.00. The maximum Gasteiger partial charge on any atom is 0.319 e. The van der Waals surface area contributed by atoms with Gasteiger partial charge in [-0.1, -0.05) is 49.7 Å². The molecular weight excluding hydrogens is 310 g/mol. The van der Waals surface area contributed by atoms with E-state index < -0.39 is 0 Å². The van der Waals surface area contributed by atoms with Crippen LogP contribution in [0.15, 0.2) is 48.5 Å². The van der Waals surface area contributed by atoms with Gasteiger partial charge in [0, 0.05) is 31.9 Å². The van der Waals surface area contributed by atoms with E-state index in [1.807, 2.05) is 12.1 Å². The number of amides is 2. The molecule has 0 radical (unpaired) electrons. The van der Waals surface area contributed by atoms with Gasteiger partial charge in [0.2, 0.25) is 0 Å². The van der Waals surface area contributed by atoms with Gasteiger partial charge >= 0.3 is 6.03 Å². The highest BCUT2D eigenvalue weighted by Gasteiger charge is 2.15. The number of nitrogens with one attached hydrogen (secondary N) is 2. The number of rotatable bonds is 6. The molecule has 25 heavy (non-hydrogen) atoms. The summed E-state index contributed by atoms with van der Waals surface area (Å²) in [7, 11) is 0. The van der Waals surface area contributed by atoms with E-state index in [0.717, 1.165) is 44.6 Å². The Balaban J connectivity index is 1.39. The molecule has 0 unspecified atom stereocenters. The van der Waals surface area contributed by atoms with Gasteiger partial charge in [-0.3, -0.25) is 4.90 Å². The van der Waals surface area contributed by atoms with Crippen LogP contribution in [0.1, 0.15) is 30.0 Å². The molecule has 4 nitrogen and oxygen atoms in total. The Kier molecular flexibility index (Phi) is 6.07. The average molecular weight is 337 g/mol. The van der Waals surface area contributed by atoms with E-state index in [0.29, 0.717) is 6.54 Å². The predicted octanol–water partition coefficient (Wildman–Crippen LogP) is 3.82. The minimum atomic E-state index is -0.138. The van der Waals surface area contributed by atoms with Crippen LogP contribution in [-0.2, 0) is 19.4 Å². The summed E-state index contributed by atoms with van der Waals surface area (Å²) in [6, 6.07) is 16.6. The van der Waals surface area contributed by atoms with Crippen molar-refractivity contribution in [2.45, 2.75) is 32.7 Å². The number of urea groups is 1. The van der Waals surface area contributed by atoms with Gasteiger partial charge in [0.05, 0.1) is 0 Å². The number of anilines is 1. The Morgan fingerprint density at radius 1 is 1.08 bits per heavy atom. The van der Waals surface area contributed by atoms with Crippen LogP contribution in [0.25, 0.3) is 0 Å². The molecule has 3 rings (SSSR count). The molecule has 2 aromatic carbocycles. The monoisotopic (exact) mass is 337 g/mol. The van der Waals surface area contributed by atoms with Crippen LogP contribution in [-0.4, -0.2) is 30.6 Å². The van der Waals surface area contributed by atoms with E-state index in [2.05, 4.69) is 58.9 Å². The fourth-order valence-corrected chi connectivity index (χ4v) is 3.29. The Labute approximate surface area is 150 Å². The Bertz CT molecular complexity index is 697. The topological polar surface area (TPSA) is 44.4 Å². The molecule has 2 aromatic rings. The normalized spacial score (nSPS) is 14.0. The van der Waals surface area contributed by atoms with Crippen LogP contribution in [0.5, 0.6) is 0 Å². The lowest BCUT2D eigenvalue weighted by Crippen LogP contribution is -2.39. The number of nitrogens with zero attached hydrogens (tertiary/aromatic N) is 1. The SMILES string of the molecule is CCCc1ccc(NC(=O)NCCN2CCc3ccccc3C2)cc1. The Hall–Kier alpha value is -2.33. The number of benzene rings is 2. The zero-order valence-electron chi connectivity index (χ0n) is 14.9. The molecule has 2 N–H and O–H groups in total. The van der Waals surface area contributed by atoms with E-state index >= 15 is 0 Å². The summed E-state index contributed by atoms with van der Waals surface area (Å²) >= 11 is 0. The minimum Gasteiger partial charge on any atom is -0.337 e. The van der Waals surface area contributed by atoms with Crippen molar-refractivity contribution < 1.29 is 4.79 Å². The first-order chi connectivity index (χ1) is 12.2. The molecule has 1 aliphatic rings. The molecule has 0 aromatic heterocycles. The van der Waals surface area contributed by atoms with Crippen molar-refractivity contribution in [3.8, 4) is 0 Å². The summed E-state index contributed by atoms with van der Waals surface area (Å²) < 4.78 is 0. The third kappa shape index (κ3) is 5.07. The molecule has 0 bridgehead atoms. The van der Waals surface area contributed by atoms with E-state index in [9.17, 15) is 4.79 Å². The maximum absolute atomic E-state index is 12.0. The molecule has 132 valence electrons. The summed E-state index contributed by atoms with van der Waals surface area (Å²) in [5, 5.41) is 5.85. The standard InChI is InChI=1S/C21H27N3O/c1-2-5-17-8-10-20(11-9-17)23-21(25)22-13-15-24-14-12-18-6-3-4-7-19(18)16-24/h3-4,6-11H,2,5,12-16H2,1H3,(H2,22,23,25). The zero-order valence-corrected chi connectivity index (χ0v) is 14.9. The van der Waals surface area contributed by atoms with Crippen molar-refractivity contribution in [1.29, 1.82) is 0 Å². The number of hydrogen-bond acceptors (Lipinski definition) is 2. The van der Waals surface area contributed by atoms with Gasteiger partial charge in [-0.15, -0.1) is 0 Å². The first-order valence-electron chi connectivity index (χ1n) is 9.17. The van der Waals surface area contributed by atoms with E-state index in [-0.39, 0.29) is 6.03 Å². The first-order valence-corrected chi connectivity index (χ1v) is 9.17. The zero-order chi connectivity index (χ0) is 17.5. The molecule has 0 spiro atoms. The second-order valence-corrected chi connectivity index (χ2v) is 6.62. The number of hydrogen-bond donors (Lipinski definition) is 2. The second kappa shape index (κ2) is 8.67. The highest BCUT2D eigenvalue weighted by molar-refractivity contribution is 5.89. The van der Waals surface area contributed by atoms with Crippen LogP contribution >= 0.6 is 0 Å². The highest BCUT2D eigenvalue weighted by atomic mass is 16.2. The Morgan fingerprint density at radius 3 is 2.60 bits per heavy atom. The van der Waals surface area contributed by atoms with E-state index in [1.165, 1.54) is 16.7 Å². The van der Waals surface area contributed by atoms with E-state index in [1.54, 1.807) is 0 Å². The van der Waals surface area contributed by atoms with Crippen molar-refractivity contribution >= 4 is 11.7 Å².